The van der Waals surface area contributed by atoms with Crippen LogP contribution in [0.25, 0.3) is 0 Å². The molecule has 3 rings (SSSR count). The zero-order chi connectivity index (χ0) is 12.4. The molecule has 18 heavy (non-hydrogen) atoms. The van der Waals surface area contributed by atoms with E-state index < -0.39 is 0 Å². The Morgan fingerprint density at radius 3 is 2.67 bits per heavy atom. The van der Waals surface area contributed by atoms with E-state index in [0.29, 0.717) is 6.04 Å². The van der Waals surface area contributed by atoms with E-state index in [1.54, 1.807) is 0 Å². The van der Waals surface area contributed by atoms with Gasteiger partial charge in [0, 0.05) is 22.2 Å². The molecule has 0 aliphatic heterocycles. The van der Waals surface area contributed by atoms with Crippen molar-refractivity contribution in [1.29, 1.82) is 0 Å². The van der Waals surface area contributed by atoms with Gasteiger partial charge in [0.1, 0.15) is 0 Å². The first-order chi connectivity index (χ1) is 8.83. The molecule has 0 spiro atoms. The van der Waals surface area contributed by atoms with Crippen LogP contribution in [0.2, 0.25) is 0 Å². The van der Waals surface area contributed by atoms with Crippen LogP contribution in [0, 0.1) is 11.8 Å². The van der Waals surface area contributed by atoms with E-state index in [9.17, 15) is 0 Å². The van der Waals surface area contributed by atoms with Gasteiger partial charge in [-0.1, -0.05) is 19.1 Å². The lowest BCUT2D eigenvalue weighted by Crippen LogP contribution is -2.24. The number of rotatable bonds is 6. The summed E-state index contributed by atoms with van der Waals surface area (Å²) in [5, 5.41) is 8.12. The molecular formula is C15H19NS2. The fraction of sp³-hybridized carbons (Fsp3) is 0.467. The molecule has 1 aliphatic rings. The van der Waals surface area contributed by atoms with Gasteiger partial charge in [-0.2, -0.15) is 0 Å². The third kappa shape index (κ3) is 3.02. The molecule has 1 saturated carbocycles. The van der Waals surface area contributed by atoms with Crippen LogP contribution in [0.5, 0.6) is 0 Å². The molecule has 0 radical (unpaired) electrons. The Hall–Kier alpha value is -0.640. The van der Waals surface area contributed by atoms with E-state index in [0.717, 1.165) is 18.3 Å². The van der Waals surface area contributed by atoms with E-state index >= 15 is 0 Å². The number of hydrogen-bond acceptors (Lipinski definition) is 3. The molecule has 2 aromatic heterocycles. The van der Waals surface area contributed by atoms with Crippen LogP contribution in [0.15, 0.2) is 35.0 Å². The summed E-state index contributed by atoms with van der Waals surface area (Å²) in [4.78, 5) is 2.95. The van der Waals surface area contributed by atoms with Crippen molar-refractivity contribution in [2.75, 3.05) is 6.54 Å². The second-order valence-electron chi connectivity index (χ2n) is 5.23. The fourth-order valence-electron chi connectivity index (χ4n) is 2.37. The highest BCUT2D eigenvalue weighted by Gasteiger charge is 2.32. The molecule has 2 heterocycles. The van der Waals surface area contributed by atoms with Crippen molar-refractivity contribution in [3.8, 4) is 0 Å². The Kier molecular flexibility index (Phi) is 3.83. The van der Waals surface area contributed by atoms with Gasteiger partial charge in [-0.3, -0.25) is 0 Å². The summed E-state index contributed by atoms with van der Waals surface area (Å²) >= 11 is 3.73. The highest BCUT2D eigenvalue weighted by molar-refractivity contribution is 7.10. The molecule has 1 aliphatic carbocycles. The van der Waals surface area contributed by atoms with Gasteiger partial charge in [-0.15, -0.1) is 22.7 Å². The first-order valence-corrected chi connectivity index (χ1v) is 8.38. The lowest BCUT2D eigenvalue weighted by atomic mass is 10.1. The number of thiophene rings is 2. The maximum absolute atomic E-state index is 3.77. The largest absolute Gasteiger partial charge is 0.309 e. The number of nitrogens with one attached hydrogen (secondary N) is 1. The van der Waals surface area contributed by atoms with Crippen molar-refractivity contribution >= 4 is 22.7 Å². The highest BCUT2D eigenvalue weighted by Crippen LogP contribution is 2.37. The van der Waals surface area contributed by atoms with Crippen molar-refractivity contribution in [3.05, 3.63) is 44.8 Å². The van der Waals surface area contributed by atoms with E-state index in [1.165, 1.54) is 22.7 Å². The Morgan fingerprint density at radius 2 is 2.06 bits per heavy atom. The molecule has 2 aromatic rings. The predicted molar refractivity (Wildman–Crippen MR) is 80.4 cm³/mol. The normalized spacial score (nSPS) is 24.1. The smallest absolute Gasteiger partial charge is 0.0463 e. The Bertz CT molecular complexity index is 461. The summed E-state index contributed by atoms with van der Waals surface area (Å²) in [5.74, 6) is 1.85. The van der Waals surface area contributed by atoms with E-state index in [-0.39, 0.29) is 0 Å². The molecule has 0 saturated heterocycles. The topological polar surface area (TPSA) is 12.0 Å². The first kappa shape index (κ1) is 12.4. The van der Waals surface area contributed by atoms with Crippen LogP contribution in [-0.2, 0) is 6.42 Å². The third-order valence-corrected chi connectivity index (χ3v) is 5.66. The standard InChI is InChI=1S/C15H19NS2/c1-11-8-12(11)10-16-14(15-5-3-7-18-15)9-13-4-2-6-17-13/h2-7,11-12,14,16H,8-10H2,1H3. The zero-order valence-corrected chi connectivity index (χ0v) is 12.3. The molecule has 0 aromatic carbocycles. The molecule has 96 valence electrons. The van der Waals surface area contributed by atoms with Crippen LogP contribution < -0.4 is 5.32 Å². The van der Waals surface area contributed by atoms with Gasteiger partial charge in [-0.05, 0) is 47.7 Å². The molecule has 3 heteroatoms. The Labute approximate surface area is 117 Å². The van der Waals surface area contributed by atoms with E-state index in [4.69, 9.17) is 0 Å². The summed E-state index contributed by atoms with van der Waals surface area (Å²) < 4.78 is 0. The molecular weight excluding hydrogens is 258 g/mol. The van der Waals surface area contributed by atoms with Crippen LogP contribution in [-0.4, -0.2) is 6.54 Å². The van der Waals surface area contributed by atoms with Gasteiger partial charge < -0.3 is 5.32 Å². The monoisotopic (exact) mass is 277 g/mol. The second-order valence-corrected chi connectivity index (χ2v) is 7.24. The van der Waals surface area contributed by atoms with Gasteiger partial charge in [0.25, 0.3) is 0 Å². The SMILES string of the molecule is CC1CC1CNC(Cc1cccs1)c1cccs1. The van der Waals surface area contributed by atoms with Gasteiger partial charge in [-0.25, -0.2) is 0 Å². The first-order valence-electron chi connectivity index (χ1n) is 6.62. The fourth-order valence-corrected chi connectivity index (χ4v) is 3.92. The van der Waals surface area contributed by atoms with Crippen molar-refractivity contribution in [2.24, 2.45) is 11.8 Å². The van der Waals surface area contributed by atoms with Gasteiger partial charge in [0.15, 0.2) is 0 Å². The quantitative estimate of drug-likeness (QED) is 0.828. The van der Waals surface area contributed by atoms with Crippen molar-refractivity contribution < 1.29 is 0 Å². The van der Waals surface area contributed by atoms with Crippen LogP contribution in [0.4, 0.5) is 0 Å². The molecule has 1 nitrogen and oxygen atoms in total. The second kappa shape index (κ2) is 5.55. The minimum atomic E-state index is 0.497. The average molecular weight is 277 g/mol. The lowest BCUT2D eigenvalue weighted by Gasteiger charge is -2.16. The van der Waals surface area contributed by atoms with Crippen molar-refractivity contribution in [3.63, 3.8) is 0 Å². The van der Waals surface area contributed by atoms with E-state index in [2.05, 4.69) is 47.3 Å². The van der Waals surface area contributed by atoms with Crippen LogP contribution >= 0.6 is 22.7 Å². The summed E-state index contributed by atoms with van der Waals surface area (Å²) in [7, 11) is 0. The average Bonchev–Trinajstić information content (AvgIpc) is 2.85. The summed E-state index contributed by atoms with van der Waals surface area (Å²) in [6, 6.07) is 9.30. The zero-order valence-electron chi connectivity index (χ0n) is 10.6. The van der Waals surface area contributed by atoms with Crippen LogP contribution in [0.1, 0.15) is 29.1 Å². The molecule has 0 bridgehead atoms. The molecule has 1 fully saturated rings. The van der Waals surface area contributed by atoms with Crippen molar-refractivity contribution in [1.82, 2.24) is 5.32 Å². The molecule has 1 N–H and O–H groups in total. The highest BCUT2D eigenvalue weighted by atomic mass is 32.1. The minimum absolute atomic E-state index is 0.497. The van der Waals surface area contributed by atoms with Crippen molar-refractivity contribution in [2.45, 2.75) is 25.8 Å². The Balaban J connectivity index is 1.63. The van der Waals surface area contributed by atoms with Crippen LogP contribution in [0.3, 0.4) is 0 Å². The molecule has 0 amide bonds. The van der Waals surface area contributed by atoms with E-state index in [1.807, 2.05) is 22.7 Å². The summed E-state index contributed by atoms with van der Waals surface area (Å²) in [6.07, 6.45) is 2.53. The Morgan fingerprint density at radius 1 is 1.28 bits per heavy atom. The van der Waals surface area contributed by atoms with Gasteiger partial charge in [0.05, 0.1) is 0 Å². The van der Waals surface area contributed by atoms with Gasteiger partial charge in [0.2, 0.25) is 0 Å². The summed E-state index contributed by atoms with van der Waals surface area (Å²) in [5.41, 5.74) is 0. The maximum Gasteiger partial charge on any atom is 0.0463 e. The maximum atomic E-state index is 3.77. The predicted octanol–water partition coefficient (Wildman–Crippen LogP) is 4.34. The minimum Gasteiger partial charge on any atom is -0.309 e. The number of hydrogen-bond donors (Lipinski definition) is 1. The third-order valence-electron chi connectivity index (χ3n) is 3.77. The summed E-state index contributed by atoms with van der Waals surface area (Å²) in [6.45, 7) is 3.53. The molecule has 3 unspecified atom stereocenters. The van der Waals surface area contributed by atoms with Gasteiger partial charge >= 0.3 is 0 Å². The molecule has 3 atom stereocenters. The lowest BCUT2D eigenvalue weighted by molar-refractivity contribution is 0.510.